The van der Waals surface area contributed by atoms with Crippen molar-refractivity contribution in [2.24, 2.45) is 0 Å². The smallest absolute Gasteiger partial charge is 0.293 e. The number of benzene rings is 14. The summed E-state index contributed by atoms with van der Waals surface area (Å²) in [6.45, 7) is 41.1. The van der Waals surface area contributed by atoms with Gasteiger partial charge in [0.25, 0.3) is 6.71 Å². The van der Waals surface area contributed by atoms with E-state index in [-0.39, 0.29) is 44.6 Å². The number of nitrogens with zero attached hydrogens (tertiary/aromatic N) is 3. The highest BCUT2D eigenvalue weighted by Gasteiger charge is 2.50. The van der Waals surface area contributed by atoms with Crippen LogP contribution in [0.1, 0.15) is 191 Å². The lowest BCUT2D eigenvalue weighted by atomic mass is 9.34. The minimum atomic E-state index is -1.26. The average Bonchev–Trinajstić information content (AvgIpc) is 1.39. The van der Waals surface area contributed by atoms with Crippen molar-refractivity contribution in [1.29, 1.82) is 0 Å². The van der Waals surface area contributed by atoms with Gasteiger partial charge in [-0.25, -0.2) is 0 Å². The second-order valence-electron chi connectivity index (χ2n) is 42.3. The van der Waals surface area contributed by atoms with E-state index in [1.165, 1.54) is 224 Å². The molecule has 0 saturated carbocycles. The largest absolute Gasteiger partial charge is 0.469 e. The molecule has 7 aliphatic rings. The maximum Gasteiger partial charge on any atom is 0.293 e. The molecular weight excluding hydrogens is 1540 g/mol. The van der Waals surface area contributed by atoms with Crippen LogP contribution in [0.2, 0.25) is 0 Å². The second kappa shape index (κ2) is 26.0. The molecule has 0 spiro atoms. The van der Waals surface area contributed by atoms with E-state index < -0.39 is 10.9 Å². The fourth-order valence-corrected chi connectivity index (χ4v) is 28.2. The maximum atomic E-state index is 7.87. The Bertz CT molecular complexity index is 7530. The number of thiophene rings is 1. The molecule has 610 valence electrons. The third-order valence-electron chi connectivity index (χ3n) is 30.6. The highest BCUT2D eigenvalue weighted by molar-refractivity contribution is 8.17. The van der Waals surface area contributed by atoms with Gasteiger partial charge in [0, 0.05) is 96.4 Å². The van der Waals surface area contributed by atoms with E-state index >= 15 is 0 Å². The van der Waals surface area contributed by atoms with Crippen molar-refractivity contribution < 1.29 is 4.42 Å². The molecule has 2 atom stereocenters. The minimum Gasteiger partial charge on any atom is -0.469 e. The standard InChI is InChI=1S/C117H106BN3OS2/c1-67-56-84-75-35-27-39-82-103(75)109(118-92-61-72(112(6,7)8)47-51-93(92)119(96(58-67)105(84)118)74-48-45-71(46-49-74)111(3,4)5)122-107(82)81-40-29-43-98-102(81)78-50-44-69(60-99(78)123-98)66-117(17)55-54-115(13,14)88-62-83(70-30-20-18-21-31-70)94(64-91(88)117)121-95-63-89-90(114(11,12)53-52-113(89,9)10)65-100(95)124-108-85(57-68(2)59-97(108)121)76-36-26-37-80-104(76)110(124)120(73-32-22-19-23-33-73)106(80)79-38-28-42-87-101(79)77-34-24-25-41-86(77)116(87,15)16/h18-51,56-65,124H,52-55,66H2,1-17H3. The van der Waals surface area contributed by atoms with E-state index in [4.69, 9.17) is 4.42 Å². The summed E-state index contributed by atoms with van der Waals surface area (Å²) in [6, 6.07) is 106. The van der Waals surface area contributed by atoms with Crippen LogP contribution in [0.15, 0.2) is 286 Å². The molecule has 0 N–H and O–H groups in total. The fourth-order valence-electron chi connectivity index (χ4n) is 23.9. The van der Waals surface area contributed by atoms with Gasteiger partial charge in [-0.1, -0.05) is 292 Å². The fraction of sp³-hybridized carbons (Fsp3) is 0.248. The Morgan fingerprint density at radius 1 is 0.403 bits per heavy atom. The number of para-hydroxylation sites is 1. The van der Waals surface area contributed by atoms with Crippen molar-refractivity contribution in [1.82, 2.24) is 4.57 Å². The molecule has 7 heteroatoms. The maximum absolute atomic E-state index is 7.87. The van der Waals surface area contributed by atoms with E-state index in [2.05, 4.69) is 399 Å². The van der Waals surface area contributed by atoms with E-state index in [0.29, 0.717) is 0 Å². The molecule has 17 aromatic rings. The number of anilines is 6. The number of fused-ring (bicyclic) bond motifs is 16. The van der Waals surface area contributed by atoms with E-state index in [0.717, 1.165) is 49.1 Å². The Morgan fingerprint density at radius 2 is 1.01 bits per heavy atom. The first kappa shape index (κ1) is 76.1. The van der Waals surface area contributed by atoms with Crippen LogP contribution in [-0.2, 0) is 44.3 Å². The summed E-state index contributed by atoms with van der Waals surface area (Å²) in [5, 5.41) is 9.05. The molecule has 4 nitrogen and oxygen atoms in total. The Balaban J connectivity index is 0.677. The van der Waals surface area contributed by atoms with E-state index in [1.54, 1.807) is 0 Å². The summed E-state index contributed by atoms with van der Waals surface area (Å²) < 4.78 is 13.2. The molecule has 24 rings (SSSR count). The SMILES string of the molecule is Cc1cc2c3c(c1)N(c1ccc(C(C)(C)C)cc1)c1ccc(C(C)(C)C)cc1B3c1oc(-c3cccc4sc5cc(CC6(C)CCC(C)(C)c7cc(-c8ccccc8)c(N8c9cc%10c(cc9[SH]9c%11c(cc(C)cc%118)-c8cccc%11c(-c%12cccc%13c%12-c%12ccccc%12C%13(C)C)n(-c%12ccccc%12)c9c8%11)C(C)(C)CCC%10(C)C)cc76)ccc5c34)c3cccc-2c13. The quantitative estimate of drug-likeness (QED) is 0.121. The summed E-state index contributed by atoms with van der Waals surface area (Å²) in [5.41, 5.74) is 41.0. The molecule has 14 aromatic carbocycles. The van der Waals surface area contributed by atoms with Crippen molar-refractivity contribution in [3.8, 4) is 72.8 Å². The average molecular weight is 1650 g/mol. The van der Waals surface area contributed by atoms with Crippen molar-refractivity contribution in [3.63, 3.8) is 0 Å². The van der Waals surface area contributed by atoms with Crippen molar-refractivity contribution in [3.05, 3.63) is 328 Å². The summed E-state index contributed by atoms with van der Waals surface area (Å²) in [4.78, 5) is 8.27. The Hall–Kier alpha value is -11.6. The van der Waals surface area contributed by atoms with Crippen LogP contribution >= 0.6 is 22.2 Å². The number of hydrogen-bond acceptors (Lipinski definition) is 4. The molecule has 2 unspecified atom stereocenters. The monoisotopic (exact) mass is 1640 g/mol. The van der Waals surface area contributed by atoms with Gasteiger partial charge in [-0.15, -0.1) is 11.3 Å². The molecule has 0 amide bonds. The number of aromatic nitrogens is 1. The lowest BCUT2D eigenvalue weighted by Gasteiger charge is -2.48. The Morgan fingerprint density at radius 3 is 1.75 bits per heavy atom. The molecule has 124 heavy (non-hydrogen) atoms. The highest BCUT2D eigenvalue weighted by atomic mass is 32.2. The summed E-state index contributed by atoms with van der Waals surface area (Å²) in [6.07, 6.45) is 5.27. The summed E-state index contributed by atoms with van der Waals surface area (Å²) in [7, 11) is -1.26. The zero-order valence-corrected chi connectivity index (χ0v) is 76.3. The lowest BCUT2D eigenvalue weighted by Crippen LogP contribution is -2.59. The Kier molecular flexibility index (Phi) is 16.0. The van der Waals surface area contributed by atoms with Crippen molar-refractivity contribution in [2.75, 3.05) is 9.80 Å². The van der Waals surface area contributed by atoms with E-state index in [9.17, 15) is 0 Å². The molecule has 4 aliphatic heterocycles. The molecule has 0 radical (unpaired) electrons. The molecule has 3 aromatic heterocycles. The number of thiol groups is 1. The van der Waals surface area contributed by atoms with Gasteiger partial charge in [-0.2, -0.15) is 10.9 Å². The van der Waals surface area contributed by atoms with Crippen LogP contribution in [-0.4, -0.2) is 11.3 Å². The molecule has 0 saturated heterocycles. The molecular formula is C117H106BN3OS2. The first-order chi connectivity index (χ1) is 59.4. The van der Waals surface area contributed by atoms with Gasteiger partial charge in [0.2, 0.25) is 0 Å². The van der Waals surface area contributed by atoms with Gasteiger partial charge in [-0.05, 0) is 268 Å². The van der Waals surface area contributed by atoms with E-state index in [1.807, 2.05) is 11.3 Å². The molecule has 0 fully saturated rings. The van der Waals surface area contributed by atoms with Crippen LogP contribution in [0, 0.1) is 13.8 Å². The predicted octanol–water partition coefficient (Wildman–Crippen LogP) is 30.7. The van der Waals surface area contributed by atoms with Crippen LogP contribution in [0.25, 0.3) is 114 Å². The number of aryl methyl sites for hydroxylation is 2. The first-order valence-electron chi connectivity index (χ1n) is 45.3. The minimum absolute atomic E-state index is 0.0325. The normalized spacial score (nSPS) is 18.2. The second-order valence-corrected chi connectivity index (χ2v) is 45.5. The molecule has 7 heterocycles. The third-order valence-corrected chi connectivity index (χ3v) is 34.3. The molecule has 3 aliphatic carbocycles. The van der Waals surface area contributed by atoms with Gasteiger partial charge in [-0.3, -0.25) is 0 Å². The third kappa shape index (κ3) is 10.8. The highest BCUT2D eigenvalue weighted by Crippen LogP contribution is 2.73. The first-order valence-corrected chi connectivity index (χ1v) is 47.4. The topological polar surface area (TPSA) is 24.6 Å². The summed E-state index contributed by atoms with van der Waals surface area (Å²) in [5.74, 6) is 0.951. The van der Waals surface area contributed by atoms with Gasteiger partial charge >= 0.3 is 0 Å². The number of rotatable bonds is 8. The van der Waals surface area contributed by atoms with Crippen LogP contribution < -0.4 is 26.4 Å². The van der Waals surface area contributed by atoms with Gasteiger partial charge < -0.3 is 18.8 Å². The van der Waals surface area contributed by atoms with Gasteiger partial charge in [0.15, 0.2) is 0 Å². The van der Waals surface area contributed by atoms with Crippen LogP contribution in [0.4, 0.5) is 34.1 Å². The predicted molar refractivity (Wildman–Crippen MR) is 530 cm³/mol. The zero-order chi connectivity index (χ0) is 84.9. The Labute approximate surface area is 738 Å². The molecule has 0 bridgehead atoms. The van der Waals surface area contributed by atoms with Crippen molar-refractivity contribution in [2.45, 2.75) is 203 Å². The van der Waals surface area contributed by atoms with Crippen LogP contribution in [0.3, 0.4) is 0 Å². The lowest BCUT2D eigenvalue weighted by molar-refractivity contribution is 0.310. The number of hydrogen-bond donors (Lipinski definition) is 1. The van der Waals surface area contributed by atoms with Crippen molar-refractivity contribution >= 4 is 121 Å². The van der Waals surface area contributed by atoms with Gasteiger partial charge in [0.1, 0.15) is 5.76 Å². The summed E-state index contributed by atoms with van der Waals surface area (Å²) >= 11 is 1.93. The zero-order valence-electron chi connectivity index (χ0n) is 74.6. The number of furan rings is 1. The van der Waals surface area contributed by atoms with Gasteiger partial charge in [0.05, 0.1) is 33.4 Å². The van der Waals surface area contributed by atoms with Crippen LogP contribution in [0.5, 0.6) is 0 Å².